The van der Waals surface area contributed by atoms with Gasteiger partial charge < -0.3 is 19.3 Å². The number of benzene rings is 3. The van der Waals surface area contributed by atoms with E-state index in [2.05, 4.69) is 4.74 Å². The third-order valence-corrected chi connectivity index (χ3v) is 3.94. The summed E-state index contributed by atoms with van der Waals surface area (Å²) in [7, 11) is 0. The van der Waals surface area contributed by atoms with Gasteiger partial charge in [-0.25, -0.2) is 9.59 Å². The molecule has 3 rings (SSSR count). The molecule has 0 spiro atoms. The highest BCUT2D eigenvalue weighted by Crippen LogP contribution is 2.25. The van der Waals surface area contributed by atoms with Gasteiger partial charge in [0.25, 0.3) is 6.47 Å². The van der Waals surface area contributed by atoms with Crippen molar-refractivity contribution < 1.29 is 33.7 Å². The predicted molar refractivity (Wildman–Crippen MR) is 102 cm³/mol. The predicted octanol–water partition coefficient (Wildman–Crippen LogP) is 3.67. The molecular formula is C22H16O7. The second-order valence-corrected chi connectivity index (χ2v) is 5.99. The fourth-order valence-electron chi connectivity index (χ4n) is 2.45. The van der Waals surface area contributed by atoms with Crippen LogP contribution in [0.1, 0.15) is 26.3 Å². The van der Waals surface area contributed by atoms with Crippen LogP contribution in [0.15, 0.2) is 66.7 Å². The van der Waals surface area contributed by atoms with E-state index >= 15 is 0 Å². The Morgan fingerprint density at radius 2 is 1.34 bits per heavy atom. The van der Waals surface area contributed by atoms with Gasteiger partial charge in [-0.1, -0.05) is 0 Å². The molecule has 0 saturated heterocycles. The van der Waals surface area contributed by atoms with Crippen molar-refractivity contribution in [3.63, 3.8) is 0 Å². The van der Waals surface area contributed by atoms with Crippen molar-refractivity contribution in [3.05, 3.63) is 83.4 Å². The maximum Gasteiger partial charge on any atom is 0.343 e. The van der Waals surface area contributed by atoms with Crippen LogP contribution in [0.25, 0.3) is 0 Å². The third-order valence-electron chi connectivity index (χ3n) is 3.94. The molecule has 7 heteroatoms. The second-order valence-electron chi connectivity index (χ2n) is 5.99. The third kappa shape index (κ3) is 4.98. The normalized spacial score (nSPS) is 10.1. The summed E-state index contributed by atoms with van der Waals surface area (Å²) in [6.07, 6.45) is 0. The Kier molecular flexibility index (Phi) is 5.89. The lowest BCUT2D eigenvalue weighted by Crippen LogP contribution is -2.10. The van der Waals surface area contributed by atoms with Gasteiger partial charge in [-0.3, -0.25) is 4.79 Å². The average Bonchev–Trinajstić information content (AvgIpc) is 2.71. The Labute approximate surface area is 166 Å². The number of hydrogen-bond acceptors (Lipinski definition) is 7. The highest BCUT2D eigenvalue weighted by Gasteiger charge is 2.13. The number of aromatic hydroxyl groups is 1. The monoisotopic (exact) mass is 392 g/mol. The fourth-order valence-corrected chi connectivity index (χ4v) is 2.45. The first-order chi connectivity index (χ1) is 14.0. The summed E-state index contributed by atoms with van der Waals surface area (Å²) in [5, 5.41) is 9.28. The van der Waals surface area contributed by atoms with E-state index in [9.17, 15) is 19.5 Å². The van der Waals surface area contributed by atoms with Crippen LogP contribution < -0.4 is 14.2 Å². The highest BCUT2D eigenvalue weighted by molar-refractivity contribution is 5.92. The number of rotatable bonds is 6. The van der Waals surface area contributed by atoms with Crippen LogP contribution in [-0.2, 0) is 4.79 Å². The van der Waals surface area contributed by atoms with Gasteiger partial charge in [0.05, 0.1) is 11.1 Å². The van der Waals surface area contributed by atoms with Gasteiger partial charge in [0.2, 0.25) is 0 Å². The summed E-state index contributed by atoms with van der Waals surface area (Å²) in [5.41, 5.74) is 1.17. The van der Waals surface area contributed by atoms with Crippen molar-refractivity contribution in [1.29, 1.82) is 0 Å². The van der Waals surface area contributed by atoms with E-state index in [0.29, 0.717) is 29.1 Å². The molecule has 0 atom stereocenters. The summed E-state index contributed by atoms with van der Waals surface area (Å²) in [6.45, 7) is 2.01. The van der Waals surface area contributed by atoms with Crippen molar-refractivity contribution in [2.45, 2.75) is 6.92 Å². The molecule has 3 aromatic carbocycles. The molecule has 0 radical (unpaired) electrons. The van der Waals surface area contributed by atoms with Crippen molar-refractivity contribution in [2.24, 2.45) is 0 Å². The molecule has 0 bridgehead atoms. The summed E-state index contributed by atoms with van der Waals surface area (Å²) in [4.78, 5) is 34.7. The van der Waals surface area contributed by atoms with Gasteiger partial charge in [0.15, 0.2) is 0 Å². The van der Waals surface area contributed by atoms with Crippen LogP contribution in [0.5, 0.6) is 23.0 Å². The molecule has 0 amide bonds. The Hall–Kier alpha value is -4.13. The molecule has 29 heavy (non-hydrogen) atoms. The number of ether oxygens (including phenoxy) is 3. The molecular weight excluding hydrogens is 376 g/mol. The minimum atomic E-state index is -0.587. The molecule has 0 unspecified atom stereocenters. The molecule has 0 aliphatic carbocycles. The van der Waals surface area contributed by atoms with Crippen LogP contribution in [0, 0.1) is 6.92 Å². The zero-order chi connectivity index (χ0) is 20.8. The SMILES string of the molecule is Cc1cc(OC(=O)c2ccc(OC=O)cc2)ccc1OC(=O)c1ccc(O)cc1. The second kappa shape index (κ2) is 8.71. The molecule has 146 valence electrons. The van der Waals surface area contributed by atoms with Gasteiger partial charge in [-0.05, 0) is 79.2 Å². The highest BCUT2D eigenvalue weighted by atomic mass is 16.5. The Balaban J connectivity index is 1.67. The number of carbonyl (C=O) groups is 3. The quantitative estimate of drug-likeness (QED) is 0.388. The smallest absolute Gasteiger partial charge is 0.343 e. The molecule has 0 aliphatic heterocycles. The number of carbonyl (C=O) groups excluding carboxylic acids is 3. The van der Waals surface area contributed by atoms with E-state index < -0.39 is 11.9 Å². The summed E-state index contributed by atoms with van der Waals surface area (Å²) in [5.74, 6) is -0.197. The molecule has 0 aromatic heterocycles. The number of hydrogen-bond donors (Lipinski definition) is 1. The van der Waals surface area contributed by atoms with E-state index in [1.54, 1.807) is 13.0 Å². The van der Waals surface area contributed by atoms with Crippen molar-refractivity contribution >= 4 is 18.4 Å². The Bertz CT molecular complexity index is 1040. The first kappa shape index (κ1) is 19.6. The summed E-state index contributed by atoms with van der Waals surface area (Å²) >= 11 is 0. The zero-order valence-electron chi connectivity index (χ0n) is 15.3. The van der Waals surface area contributed by atoms with Crippen LogP contribution in [0.3, 0.4) is 0 Å². The van der Waals surface area contributed by atoms with Crippen LogP contribution in [0.4, 0.5) is 0 Å². The van der Waals surface area contributed by atoms with Gasteiger partial charge >= 0.3 is 11.9 Å². The van der Waals surface area contributed by atoms with Crippen LogP contribution in [0.2, 0.25) is 0 Å². The standard InChI is InChI=1S/C22H16O7/c1-14-12-19(28-21(25)16-4-8-18(9-5-16)27-13-23)10-11-20(14)29-22(26)15-2-6-17(24)7-3-15/h2-13,24H,1H3. The number of phenolic OH excluding ortho intramolecular Hbond substituents is 1. The maximum atomic E-state index is 12.2. The number of phenols is 1. The molecule has 7 nitrogen and oxygen atoms in total. The summed E-state index contributed by atoms with van der Waals surface area (Å²) in [6, 6.07) is 16.2. The van der Waals surface area contributed by atoms with Crippen molar-refractivity contribution in [3.8, 4) is 23.0 Å². The molecule has 1 N–H and O–H groups in total. The minimum absolute atomic E-state index is 0.0507. The lowest BCUT2D eigenvalue weighted by molar-refractivity contribution is -0.120. The Morgan fingerprint density at radius 3 is 1.93 bits per heavy atom. The Morgan fingerprint density at radius 1 is 0.793 bits per heavy atom. The maximum absolute atomic E-state index is 12.2. The first-order valence-electron chi connectivity index (χ1n) is 8.50. The minimum Gasteiger partial charge on any atom is -0.508 e. The molecule has 0 aliphatic rings. The van der Waals surface area contributed by atoms with Crippen LogP contribution in [-0.4, -0.2) is 23.5 Å². The van der Waals surface area contributed by atoms with E-state index in [1.165, 1.54) is 60.7 Å². The van der Waals surface area contributed by atoms with E-state index in [0.717, 1.165) is 0 Å². The van der Waals surface area contributed by atoms with Gasteiger partial charge in [-0.15, -0.1) is 0 Å². The topological polar surface area (TPSA) is 99.1 Å². The van der Waals surface area contributed by atoms with E-state index in [-0.39, 0.29) is 17.1 Å². The summed E-state index contributed by atoms with van der Waals surface area (Å²) < 4.78 is 15.3. The molecule has 3 aromatic rings. The number of aryl methyl sites for hydroxylation is 1. The molecule has 0 saturated carbocycles. The lowest BCUT2D eigenvalue weighted by atomic mass is 10.2. The zero-order valence-corrected chi connectivity index (χ0v) is 15.3. The van der Waals surface area contributed by atoms with E-state index in [1.807, 2.05) is 0 Å². The van der Waals surface area contributed by atoms with Crippen molar-refractivity contribution in [2.75, 3.05) is 0 Å². The average molecular weight is 392 g/mol. The van der Waals surface area contributed by atoms with E-state index in [4.69, 9.17) is 9.47 Å². The van der Waals surface area contributed by atoms with Gasteiger partial charge in [0.1, 0.15) is 23.0 Å². The number of esters is 2. The van der Waals surface area contributed by atoms with Crippen molar-refractivity contribution in [1.82, 2.24) is 0 Å². The molecule has 0 heterocycles. The fraction of sp³-hybridized carbons (Fsp3) is 0.0455. The van der Waals surface area contributed by atoms with Gasteiger partial charge in [-0.2, -0.15) is 0 Å². The van der Waals surface area contributed by atoms with Crippen LogP contribution >= 0.6 is 0 Å². The first-order valence-corrected chi connectivity index (χ1v) is 8.50. The largest absolute Gasteiger partial charge is 0.508 e. The van der Waals surface area contributed by atoms with Gasteiger partial charge in [0, 0.05) is 0 Å². The lowest BCUT2D eigenvalue weighted by Gasteiger charge is -2.10. The molecule has 0 fully saturated rings.